The number of nitrogens with one attached hydrogen (secondary N) is 2. The highest BCUT2D eigenvalue weighted by Crippen LogP contribution is 2.34. The van der Waals surface area contributed by atoms with Crippen LogP contribution in [0.15, 0.2) is 35.4 Å². The number of aromatic hydroxyl groups is 1. The minimum absolute atomic E-state index is 0.0484. The third-order valence-electron chi connectivity index (χ3n) is 3.28. The van der Waals surface area contributed by atoms with Gasteiger partial charge in [-0.05, 0) is 69.4 Å². The Morgan fingerprint density at radius 2 is 2.04 bits per heavy atom. The lowest BCUT2D eigenvalue weighted by Gasteiger charge is -2.06. The van der Waals surface area contributed by atoms with E-state index >= 15 is 0 Å². The number of rotatable bonds is 5. The van der Waals surface area contributed by atoms with Crippen molar-refractivity contribution in [1.82, 2.24) is 5.43 Å². The van der Waals surface area contributed by atoms with Gasteiger partial charge >= 0.3 is 0 Å². The average molecular weight is 565 g/mol. The lowest BCUT2D eigenvalue weighted by Crippen LogP contribution is -2.25. The summed E-state index contributed by atoms with van der Waals surface area (Å²) in [5, 5.41) is 16.8. The zero-order valence-electron chi connectivity index (χ0n) is 12.8. The van der Waals surface area contributed by atoms with E-state index in [1.54, 1.807) is 24.3 Å². The van der Waals surface area contributed by atoms with Gasteiger partial charge in [0.25, 0.3) is 5.91 Å². The lowest BCUT2D eigenvalue weighted by atomic mass is 10.2. The van der Waals surface area contributed by atoms with Gasteiger partial charge in [-0.3, -0.25) is 4.79 Å². The van der Waals surface area contributed by atoms with Gasteiger partial charge in [0, 0.05) is 20.9 Å². The molecule has 1 amide bonds. The molecule has 0 aliphatic carbocycles. The highest BCUT2D eigenvalue weighted by atomic mass is 127. The maximum absolute atomic E-state index is 11.9. The Labute approximate surface area is 171 Å². The molecule has 0 radical (unpaired) electrons. The van der Waals surface area contributed by atoms with E-state index < -0.39 is 0 Å². The molecule has 0 fully saturated rings. The number of phenols is 1. The summed E-state index contributed by atoms with van der Waals surface area (Å²) in [6, 6.07) is 8.98. The summed E-state index contributed by atoms with van der Waals surface area (Å²) in [6.07, 6.45) is 1.41. The van der Waals surface area contributed by atoms with E-state index in [0.717, 1.165) is 12.8 Å². The number of ether oxygens (including phenoxy) is 2. The van der Waals surface area contributed by atoms with Crippen molar-refractivity contribution >= 4 is 63.0 Å². The number of hydrogen-bond donors (Lipinski definition) is 3. The summed E-state index contributed by atoms with van der Waals surface area (Å²) >= 11 is 4.19. The van der Waals surface area contributed by atoms with Crippen molar-refractivity contribution in [2.75, 3.05) is 18.7 Å². The Bertz CT molecular complexity index is 842. The smallest absolute Gasteiger partial charge is 0.259 e. The van der Waals surface area contributed by atoms with Crippen LogP contribution in [0.25, 0.3) is 0 Å². The van der Waals surface area contributed by atoms with Crippen LogP contribution in [0.5, 0.6) is 17.2 Å². The van der Waals surface area contributed by atoms with Crippen molar-refractivity contribution in [3.63, 3.8) is 0 Å². The van der Waals surface area contributed by atoms with Crippen LogP contribution < -0.4 is 20.2 Å². The van der Waals surface area contributed by atoms with Crippen molar-refractivity contribution < 1.29 is 19.4 Å². The predicted octanol–water partition coefficient (Wildman–Crippen LogP) is 2.89. The van der Waals surface area contributed by atoms with E-state index in [4.69, 9.17) is 9.47 Å². The minimum atomic E-state index is -0.311. The van der Waals surface area contributed by atoms with Crippen LogP contribution >= 0.6 is 45.2 Å². The predicted molar refractivity (Wildman–Crippen MR) is 110 cm³/mol. The molecule has 0 aromatic heterocycles. The van der Waals surface area contributed by atoms with Crippen molar-refractivity contribution in [3.05, 3.63) is 43.0 Å². The van der Waals surface area contributed by atoms with Crippen LogP contribution in [-0.4, -0.2) is 30.6 Å². The molecule has 0 saturated heterocycles. The molecular weight excluding hydrogens is 552 g/mol. The van der Waals surface area contributed by atoms with Gasteiger partial charge in [-0.1, -0.05) is 0 Å². The third-order valence-corrected chi connectivity index (χ3v) is 4.72. The molecule has 130 valence electrons. The topological polar surface area (TPSA) is 92.2 Å². The van der Waals surface area contributed by atoms with E-state index in [1.807, 2.05) is 28.7 Å². The second-order valence-electron chi connectivity index (χ2n) is 5.04. The highest BCUT2D eigenvalue weighted by molar-refractivity contribution is 14.1. The van der Waals surface area contributed by atoms with E-state index in [0.29, 0.717) is 17.1 Å². The summed E-state index contributed by atoms with van der Waals surface area (Å²) < 4.78 is 12.2. The Kier molecular flexibility index (Phi) is 5.83. The summed E-state index contributed by atoms with van der Waals surface area (Å²) in [4.78, 5) is 11.9. The monoisotopic (exact) mass is 565 g/mol. The fraction of sp³-hybridized carbons (Fsp3) is 0.125. The number of anilines is 1. The first kappa shape index (κ1) is 18.0. The normalized spacial score (nSPS) is 12.4. The summed E-state index contributed by atoms with van der Waals surface area (Å²) in [5.41, 5.74) is 3.70. The van der Waals surface area contributed by atoms with Crippen LogP contribution in [0.2, 0.25) is 0 Å². The van der Waals surface area contributed by atoms with E-state index in [2.05, 4.69) is 38.4 Å². The molecular formula is C16H13I2N3O4. The van der Waals surface area contributed by atoms with Gasteiger partial charge in [0.05, 0.1) is 16.3 Å². The quantitative estimate of drug-likeness (QED) is 0.295. The molecule has 0 atom stereocenters. The number of halogens is 2. The van der Waals surface area contributed by atoms with E-state index in [1.165, 1.54) is 6.21 Å². The Morgan fingerprint density at radius 3 is 2.88 bits per heavy atom. The second kappa shape index (κ2) is 8.08. The van der Waals surface area contributed by atoms with Crippen LogP contribution in [0, 0.1) is 7.14 Å². The van der Waals surface area contributed by atoms with Crippen molar-refractivity contribution in [3.8, 4) is 17.2 Å². The number of hydrogen-bond acceptors (Lipinski definition) is 6. The molecule has 0 bridgehead atoms. The molecule has 9 heteroatoms. The largest absolute Gasteiger partial charge is 0.506 e. The summed E-state index contributed by atoms with van der Waals surface area (Å²) in [7, 11) is 0. The maximum Gasteiger partial charge on any atom is 0.259 e. The molecule has 0 unspecified atom stereocenters. The first-order valence-electron chi connectivity index (χ1n) is 7.16. The van der Waals surface area contributed by atoms with Crippen LogP contribution in [0.3, 0.4) is 0 Å². The zero-order valence-corrected chi connectivity index (χ0v) is 17.1. The van der Waals surface area contributed by atoms with Crippen molar-refractivity contribution in [2.45, 2.75) is 0 Å². The van der Waals surface area contributed by atoms with Gasteiger partial charge in [-0.2, -0.15) is 5.10 Å². The maximum atomic E-state index is 11.9. The first-order valence-corrected chi connectivity index (χ1v) is 9.32. The Hall–Kier alpha value is -1.76. The molecule has 1 aliphatic heterocycles. The number of phenolic OH excluding ortho intramolecular Hbond substituents is 1. The Morgan fingerprint density at radius 1 is 1.24 bits per heavy atom. The molecule has 3 rings (SSSR count). The molecule has 0 spiro atoms. The second-order valence-corrected chi connectivity index (χ2v) is 7.45. The molecule has 2 aromatic rings. The number of benzene rings is 2. The van der Waals surface area contributed by atoms with Gasteiger partial charge in [0.2, 0.25) is 6.79 Å². The number of carbonyl (C=O) groups is 1. The van der Waals surface area contributed by atoms with Crippen molar-refractivity contribution in [2.24, 2.45) is 5.10 Å². The van der Waals surface area contributed by atoms with Gasteiger partial charge in [-0.25, -0.2) is 5.43 Å². The van der Waals surface area contributed by atoms with Gasteiger partial charge < -0.3 is 19.9 Å². The number of carbonyl (C=O) groups excluding carboxylic acids is 1. The fourth-order valence-corrected chi connectivity index (χ4v) is 3.98. The lowest BCUT2D eigenvalue weighted by molar-refractivity contribution is -0.119. The Balaban J connectivity index is 1.53. The van der Waals surface area contributed by atoms with Crippen molar-refractivity contribution in [1.29, 1.82) is 0 Å². The standard InChI is InChI=1S/C16H13I2N3O4/c17-10-3-9(16(23)12(18)4-10)6-20-21-15(22)7-19-11-1-2-13-14(5-11)25-8-24-13/h1-6,19,23H,7-8H2,(H,21,22)/b20-6-. The molecule has 25 heavy (non-hydrogen) atoms. The average Bonchev–Trinajstić information content (AvgIpc) is 3.05. The van der Waals surface area contributed by atoms with Gasteiger partial charge in [0.1, 0.15) is 5.75 Å². The zero-order chi connectivity index (χ0) is 17.8. The molecule has 1 aliphatic rings. The molecule has 1 heterocycles. The number of hydrazone groups is 1. The highest BCUT2D eigenvalue weighted by Gasteiger charge is 2.13. The molecule has 3 N–H and O–H groups in total. The van der Waals surface area contributed by atoms with Crippen LogP contribution in [0.4, 0.5) is 5.69 Å². The van der Waals surface area contributed by atoms with Gasteiger partial charge in [-0.15, -0.1) is 0 Å². The molecule has 2 aromatic carbocycles. The first-order chi connectivity index (χ1) is 12.0. The molecule has 7 nitrogen and oxygen atoms in total. The fourth-order valence-electron chi connectivity index (χ4n) is 2.09. The van der Waals surface area contributed by atoms with Crippen LogP contribution in [-0.2, 0) is 4.79 Å². The summed E-state index contributed by atoms with van der Waals surface area (Å²) in [5.74, 6) is 1.16. The number of nitrogens with zero attached hydrogens (tertiary/aromatic N) is 1. The van der Waals surface area contributed by atoms with E-state index in [-0.39, 0.29) is 25.0 Å². The SMILES string of the molecule is O=C(CNc1ccc2c(c1)OCO2)N/N=C\c1cc(I)cc(I)c1O. The number of fused-ring (bicyclic) bond motifs is 1. The van der Waals surface area contributed by atoms with E-state index in [9.17, 15) is 9.90 Å². The number of amides is 1. The molecule has 0 saturated carbocycles. The summed E-state index contributed by atoms with van der Waals surface area (Å²) in [6.45, 7) is 0.255. The minimum Gasteiger partial charge on any atom is -0.506 e. The third kappa shape index (κ3) is 4.66. The van der Waals surface area contributed by atoms with Crippen LogP contribution in [0.1, 0.15) is 5.56 Å². The van der Waals surface area contributed by atoms with Gasteiger partial charge in [0.15, 0.2) is 11.5 Å².